The molecule has 0 unspecified atom stereocenters. The van der Waals surface area contributed by atoms with Crippen molar-refractivity contribution in [3.05, 3.63) is 28.6 Å². The topological polar surface area (TPSA) is 106 Å². The van der Waals surface area contributed by atoms with Crippen molar-refractivity contribution in [2.75, 3.05) is 13.2 Å². The summed E-state index contributed by atoms with van der Waals surface area (Å²) in [6, 6.07) is 4.73. The van der Waals surface area contributed by atoms with Crippen LogP contribution in [0.4, 0.5) is 0 Å². The third-order valence-corrected chi connectivity index (χ3v) is 3.61. The van der Waals surface area contributed by atoms with Crippen LogP contribution in [0, 0.1) is 0 Å². The number of hydrogen-bond acceptors (Lipinski definition) is 6. The van der Waals surface area contributed by atoms with Gasteiger partial charge in [-0.15, -0.1) is 0 Å². The van der Waals surface area contributed by atoms with E-state index in [4.69, 9.17) is 19.0 Å². The van der Waals surface area contributed by atoms with Gasteiger partial charge < -0.3 is 24.1 Å². The fourth-order valence-electron chi connectivity index (χ4n) is 2.25. The van der Waals surface area contributed by atoms with E-state index in [1.54, 1.807) is 18.2 Å². The molecular formula is C18H22O7. The first kappa shape index (κ1) is 18.6. The van der Waals surface area contributed by atoms with Crippen molar-refractivity contribution in [3.8, 4) is 17.2 Å². The Morgan fingerprint density at radius 1 is 1.16 bits per heavy atom. The maximum atomic E-state index is 11.9. The number of rotatable bonds is 10. The maximum Gasteiger partial charge on any atom is 0.383 e. The largest absolute Gasteiger partial charge is 0.504 e. The fourth-order valence-corrected chi connectivity index (χ4v) is 2.25. The van der Waals surface area contributed by atoms with E-state index in [0.717, 1.165) is 12.8 Å². The zero-order valence-electron chi connectivity index (χ0n) is 14.1. The lowest BCUT2D eigenvalue weighted by Gasteiger charge is -2.10. The van der Waals surface area contributed by atoms with E-state index in [1.165, 1.54) is 0 Å². The van der Waals surface area contributed by atoms with Gasteiger partial charge in [0.1, 0.15) is 11.3 Å². The molecule has 1 aromatic carbocycles. The summed E-state index contributed by atoms with van der Waals surface area (Å²) in [7, 11) is 0. The number of hydrogen-bond donors (Lipinski definition) is 2. The summed E-state index contributed by atoms with van der Waals surface area (Å²) < 4.78 is 16.1. The number of carboxylic acids is 1. The van der Waals surface area contributed by atoms with Crippen LogP contribution in [0.5, 0.6) is 17.2 Å². The first-order chi connectivity index (χ1) is 12.0. The Balaban J connectivity index is 2.11. The van der Waals surface area contributed by atoms with E-state index in [-0.39, 0.29) is 23.5 Å². The van der Waals surface area contributed by atoms with E-state index < -0.39 is 11.6 Å². The predicted octanol–water partition coefficient (Wildman–Crippen LogP) is 3.31. The number of aromatic hydroxyl groups is 1. The van der Waals surface area contributed by atoms with Crippen LogP contribution < -0.4 is 15.1 Å². The Morgan fingerprint density at radius 3 is 2.64 bits per heavy atom. The van der Waals surface area contributed by atoms with Crippen molar-refractivity contribution in [2.45, 2.75) is 39.0 Å². The molecule has 2 N–H and O–H groups in total. The first-order valence-corrected chi connectivity index (χ1v) is 8.30. The van der Waals surface area contributed by atoms with E-state index in [2.05, 4.69) is 0 Å². The summed E-state index contributed by atoms with van der Waals surface area (Å²) in [5, 5.41) is 19.2. The molecule has 25 heavy (non-hydrogen) atoms. The highest BCUT2D eigenvalue weighted by Crippen LogP contribution is 2.33. The van der Waals surface area contributed by atoms with Crippen molar-refractivity contribution in [2.24, 2.45) is 0 Å². The van der Waals surface area contributed by atoms with Crippen LogP contribution in [0.2, 0.25) is 0 Å². The summed E-state index contributed by atoms with van der Waals surface area (Å²) in [6.45, 7) is 2.67. The van der Waals surface area contributed by atoms with Crippen molar-refractivity contribution >= 4 is 16.9 Å². The highest BCUT2D eigenvalue weighted by Gasteiger charge is 2.16. The van der Waals surface area contributed by atoms with Gasteiger partial charge in [-0.05, 0) is 37.5 Å². The summed E-state index contributed by atoms with van der Waals surface area (Å²) >= 11 is 0. The SMILES string of the molecule is CCCCOc1c(O)c2cc(OCCCCC(=O)O)ccc2oc1=O. The molecular weight excluding hydrogens is 328 g/mol. The van der Waals surface area contributed by atoms with Gasteiger partial charge in [-0.25, -0.2) is 4.79 Å². The van der Waals surface area contributed by atoms with Gasteiger partial charge in [0, 0.05) is 6.42 Å². The highest BCUT2D eigenvalue weighted by molar-refractivity contribution is 5.86. The summed E-state index contributed by atoms with van der Waals surface area (Å²) in [6.07, 6.45) is 2.89. The van der Waals surface area contributed by atoms with Crippen LogP contribution in [0.15, 0.2) is 27.4 Å². The smallest absolute Gasteiger partial charge is 0.383 e. The lowest BCUT2D eigenvalue weighted by Crippen LogP contribution is -2.08. The van der Waals surface area contributed by atoms with Crippen LogP contribution >= 0.6 is 0 Å². The molecule has 0 spiro atoms. The first-order valence-electron chi connectivity index (χ1n) is 8.30. The van der Waals surface area contributed by atoms with Crippen molar-refractivity contribution in [1.82, 2.24) is 0 Å². The van der Waals surface area contributed by atoms with Gasteiger partial charge >= 0.3 is 11.6 Å². The number of aliphatic carboxylic acids is 1. The van der Waals surface area contributed by atoms with Gasteiger partial charge in [-0.1, -0.05) is 13.3 Å². The van der Waals surface area contributed by atoms with E-state index in [0.29, 0.717) is 37.2 Å². The average Bonchev–Trinajstić information content (AvgIpc) is 2.58. The van der Waals surface area contributed by atoms with Gasteiger partial charge in [0.05, 0.1) is 18.6 Å². The zero-order chi connectivity index (χ0) is 18.2. The summed E-state index contributed by atoms with van der Waals surface area (Å²) in [4.78, 5) is 22.4. The van der Waals surface area contributed by atoms with Gasteiger partial charge in [0.15, 0.2) is 5.75 Å². The number of carbonyl (C=O) groups is 1. The van der Waals surface area contributed by atoms with Crippen LogP contribution in [0.25, 0.3) is 11.0 Å². The van der Waals surface area contributed by atoms with Crippen LogP contribution in [-0.2, 0) is 4.79 Å². The third kappa shape index (κ3) is 5.14. The molecule has 0 saturated carbocycles. The Hall–Kier alpha value is -2.70. The van der Waals surface area contributed by atoms with Gasteiger partial charge in [0.25, 0.3) is 0 Å². The molecule has 0 aliphatic heterocycles. The number of benzene rings is 1. The van der Waals surface area contributed by atoms with Crippen LogP contribution in [-0.4, -0.2) is 29.4 Å². The molecule has 2 aromatic rings. The molecule has 0 aliphatic rings. The van der Waals surface area contributed by atoms with Crippen molar-refractivity contribution in [3.63, 3.8) is 0 Å². The minimum absolute atomic E-state index is 0.103. The maximum absolute atomic E-state index is 11.9. The second-order valence-electron chi connectivity index (χ2n) is 5.63. The molecule has 136 valence electrons. The standard InChI is InChI=1S/C18H22O7/c1-2-3-9-24-17-16(21)13-11-12(7-8-14(13)25-18(17)22)23-10-5-4-6-15(19)20/h7-8,11,21H,2-6,9-10H2,1H3,(H,19,20). The van der Waals surface area contributed by atoms with Crippen LogP contribution in [0.1, 0.15) is 39.0 Å². The minimum atomic E-state index is -0.832. The summed E-state index contributed by atoms with van der Waals surface area (Å²) in [5.41, 5.74) is -0.480. The molecule has 0 amide bonds. The quantitative estimate of drug-likeness (QED) is 0.500. The zero-order valence-corrected chi connectivity index (χ0v) is 14.1. The van der Waals surface area contributed by atoms with Crippen LogP contribution in [0.3, 0.4) is 0 Å². The lowest BCUT2D eigenvalue weighted by atomic mass is 10.2. The Bertz CT molecular complexity index is 779. The molecule has 0 aliphatic carbocycles. The number of carboxylic acid groups (broad SMARTS) is 1. The Labute approximate surface area is 144 Å². The third-order valence-electron chi connectivity index (χ3n) is 3.61. The Kier molecular flexibility index (Phi) is 6.68. The molecule has 0 atom stereocenters. The van der Waals surface area contributed by atoms with Gasteiger partial charge in [-0.2, -0.15) is 0 Å². The molecule has 7 nitrogen and oxygen atoms in total. The highest BCUT2D eigenvalue weighted by atomic mass is 16.5. The predicted molar refractivity (Wildman–Crippen MR) is 91.5 cm³/mol. The minimum Gasteiger partial charge on any atom is -0.504 e. The van der Waals surface area contributed by atoms with E-state index >= 15 is 0 Å². The van der Waals surface area contributed by atoms with Crippen molar-refractivity contribution in [1.29, 1.82) is 0 Å². The molecule has 0 bridgehead atoms. The Morgan fingerprint density at radius 2 is 1.92 bits per heavy atom. The average molecular weight is 350 g/mol. The van der Waals surface area contributed by atoms with Crippen molar-refractivity contribution < 1.29 is 28.9 Å². The van der Waals surface area contributed by atoms with Gasteiger partial charge in [0.2, 0.25) is 5.75 Å². The van der Waals surface area contributed by atoms with Gasteiger partial charge in [-0.3, -0.25) is 4.79 Å². The number of unbranched alkanes of at least 4 members (excludes halogenated alkanes) is 2. The molecule has 1 heterocycles. The monoisotopic (exact) mass is 350 g/mol. The van der Waals surface area contributed by atoms with E-state index in [1.807, 2.05) is 6.92 Å². The second-order valence-corrected chi connectivity index (χ2v) is 5.63. The molecule has 1 aromatic heterocycles. The molecule has 0 saturated heterocycles. The number of fused-ring (bicyclic) bond motifs is 1. The molecule has 7 heteroatoms. The summed E-state index contributed by atoms with van der Waals surface area (Å²) in [5.74, 6) is -0.800. The molecule has 2 rings (SSSR count). The number of ether oxygens (including phenoxy) is 2. The second kappa shape index (κ2) is 8.96. The van der Waals surface area contributed by atoms with E-state index in [9.17, 15) is 14.7 Å². The molecule has 0 radical (unpaired) electrons. The molecule has 0 fully saturated rings. The fraction of sp³-hybridized carbons (Fsp3) is 0.444. The normalized spacial score (nSPS) is 10.8. The lowest BCUT2D eigenvalue weighted by molar-refractivity contribution is -0.137.